The van der Waals surface area contributed by atoms with Crippen LogP contribution in [0.3, 0.4) is 0 Å². The molecule has 4 N–H and O–H groups in total. The third-order valence-electron chi connectivity index (χ3n) is 7.67. The SMILES string of the molecule is Cc1cc(N=Nc2c(SOOO)cc3cc(NC(=O)c4ccccc4)ccc3c2O)c(C)cc1N=Nc1ccc(N=Nc2ccc(SOOO)cc2)cc1. The predicted octanol–water partition coefficient (Wildman–Crippen LogP) is 12.5. The quantitative estimate of drug-likeness (QED) is 0.0358. The molecule has 0 aliphatic heterocycles. The van der Waals surface area contributed by atoms with Gasteiger partial charge in [0.1, 0.15) is 5.69 Å². The van der Waals surface area contributed by atoms with Gasteiger partial charge >= 0.3 is 0 Å². The third-order valence-corrected chi connectivity index (χ3v) is 8.89. The minimum Gasteiger partial charge on any atom is -0.505 e. The van der Waals surface area contributed by atoms with Gasteiger partial charge in [0.15, 0.2) is 5.75 Å². The number of carbonyl (C=O) groups is 1. The number of anilines is 1. The molecule has 0 saturated carbocycles. The average Bonchev–Trinajstić information content (AvgIpc) is 3.19. The van der Waals surface area contributed by atoms with E-state index in [-0.39, 0.29) is 22.2 Å². The van der Waals surface area contributed by atoms with Crippen LogP contribution in [0.1, 0.15) is 21.5 Å². The summed E-state index contributed by atoms with van der Waals surface area (Å²) in [5, 5.41) is 65.6. The van der Waals surface area contributed by atoms with E-state index in [4.69, 9.17) is 10.5 Å². The number of amides is 1. The summed E-state index contributed by atoms with van der Waals surface area (Å²) in [6.45, 7) is 3.71. The number of phenolic OH excluding ortho intramolecular Hbond substituents is 1. The summed E-state index contributed by atoms with van der Waals surface area (Å²) < 4.78 is 9.09. The lowest BCUT2D eigenvalue weighted by Gasteiger charge is -2.11. The first kappa shape index (κ1) is 37.9. The van der Waals surface area contributed by atoms with E-state index in [1.54, 1.807) is 103 Å². The lowest BCUT2D eigenvalue weighted by molar-refractivity contribution is -0.432. The molecule has 0 aliphatic rings. The van der Waals surface area contributed by atoms with Gasteiger partial charge in [0.25, 0.3) is 5.91 Å². The maximum Gasteiger partial charge on any atom is 0.255 e. The fourth-order valence-electron chi connectivity index (χ4n) is 4.98. The van der Waals surface area contributed by atoms with Crippen LogP contribution in [0.15, 0.2) is 156 Å². The van der Waals surface area contributed by atoms with Gasteiger partial charge in [-0.1, -0.05) is 28.3 Å². The summed E-state index contributed by atoms with van der Waals surface area (Å²) in [6, 6.07) is 33.1. The van der Waals surface area contributed by atoms with Crippen molar-refractivity contribution < 1.29 is 39.2 Å². The molecule has 272 valence electrons. The van der Waals surface area contributed by atoms with Crippen LogP contribution in [-0.2, 0) is 18.7 Å². The Labute approximate surface area is 316 Å². The van der Waals surface area contributed by atoms with Crippen LogP contribution in [0.25, 0.3) is 10.8 Å². The van der Waals surface area contributed by atoms with Gasteiger partial charge in [0.05, 0.1) is 57.4 Å². The van der Waals surface area contributed by atoms with E-state index in [9.17, 15) is 9.90 Å². The van der Waals surface area contributed by atoms with Crippen molar-refractivity contribution in [3.05, 3.63) is 132 Å². The zero-order chi connectivity index (χ0) is 37.9. The Balaban J connectivity index is 1.16. The molecule has 0 heterocycles. The Morgan fingerprint density at radius 2 is 1.19 bits per heavy atom. The van der Waals surface area contributed by atoms with Crippen LogP contribution in [-0.4, -0.2) is 21.5 Å². The number of nitrogens with zero attached hydrogens (tertiary/aromatic N) is 6. The summed E-state index contributed by atoms with van der Waals surface area (Å²) in [6.07, 6.45) is 0. The Kier molecular flexibility index (Phi) is 12.8. The fourth-order valence-corrected chi connectivity index (χ4v) is 5.83. The number of hydrogen-bond donors (Lipinski definition) is 4. The van der Waals surface area contributed by atoms with E-state index in [1.807, 2.05) is 26.0 Å². The highest BCUT2D eigenvalue weighted by molar-refractivity contribution is 7.94. The standard InChI is InChI=1S/C37H29N7O8S2/c1-22-19-33(23(2)18-32(22)42-41-27-10-8-26(9-11-27)39-40-28-12-15-30(16-13-28)53-51-49-47)43-44-35-34(54-52-50-48)21-25-20-29(14-17-31(25)36(35)45)38-37(46)24-6-4-3-5-7-24/h3-21,45,47-48H,1-2H3,(H,38,46). The first-order valence-corrected chi connectivity index (χ1v) is 17.3. The smallest absolute Gasteiger partial charge is 0.255 e. The van der Waals surface area contributed by atoms with Gasteiger partial charge in [-0.3, -0.25) is 4.79 Å². The molecule has 0 radical (unpaired) electrons. The molecule has 1 amide bonds. The zero-order valence-electron chi connectivity index (χ0n) is 28.4. The number of carbonyl (C=O) groups excluding carboxylic acids is 1. The fraction of sp³-hybridized carbons (Fsp3) is 0.0541. The first-order chi connectivity index (χ1) is 26.3. The van der Waals surface area contributed by atoms with Crippen molar-refractivity contribution in [2.75, 3.05) is 5.32 Å². The normalized spacial score (nSPS) is 11.7. The molecule has 0 saturated heterocycles. The Morgan fingerprint density at radius 3 is 1.80 bits per heavy atom. The molecule has 6 rings (SSSR count). The number of benzene rings is 6. The lowest BCUT2D eigenvalue weighted by Crippen LogP contribution is -2.11. The highest BCUT2D eigenvalue weighted by Crippen LogP contribution is 2.45. The number of fused-ring (bicyclic) bond motifs is 1. The van der Waals surface area contributed by atoms with Gasteiger partial charge in [0.2, 0.25) is 0 Å². The monoisotopic (exact) mass is 763 g/mol. The van der Waals surface area contributed by atoms with Gasteiger partial charge in [-0.05, 0) is 127 Å². The molecule has 0 aromatic heterocycles. The second kappa shape index (κ2) is 18.2. The van der Waals surface area contributed by atoms with Crippen LogP contribution in [0.2, 0.25) is 0 Å². The minimum absolute atomic E-state index is 0.0753. The number of aromatic hydroxyl groups is 1. The van der Waals surface area contributed by atoms with Crippen LogP contribution in [0.4, 0.5) is 39.8 Å². The van der Waals surface area contributed by atoms with Crippen molar-refractivity contribution in [2.45, 2.75) is 23.6 Å². The molecule has 6 aromatic carbocycles. The maximum atomic E-state index is 12.7. The van der Waals surface area contributed by atoms with Crippen LogP contribution in [0.5, 0.6) is 5.75 Å². The Bertz CT molecular complexity index is 2350. The molecule has 17 heteroatoms. The molecule has 6 aromatic rings. The maximum absolute atomic E-state index is 12.7. The van der Waals surface area contributed by atoms with E-state index in [1.165, 1.54) is 0 Å². The van der Waals surface area contributed by atoms with E-state index in [0.29, 0.717) is 67.4 Å². The Morgan fingerprint density at radius 1 is 0.630 bits per heavy atom. The number of rotatable bonds is 14. The molecule has 0 unspecified atom stereocenters. The average molecular weight is 764 g/mol. The first-order valence-electron chi connectivity index (χ1n) is 15.8. The molecule has 0 atom stereocenters. The topological polar surface area (TPSA) is 201 Å². The molecule has 0 spiro atoms. The second-order valence-corrected chi connectivity index (χ2v) is 12.8. The number of nitrogens with one attached hydrogen (secondary N) is 1. The van der Waals surface area contributed by atoms with Crippen LogP contribution < -0.4 is 5.32 Å². The third kappa shape index (κ3) is 9.75. The highest BCUT2D eigenvalue weighted by atomic mass is 32.2. The Hall–Kier alpha value is -5.89. The number of azo groups is 3. The van der Waals surface area contributed by atoms with Gasteiger partial charge in [0, 0.05) is 21.5 Å². The second-order valence-electron chi connectivity index (χ2n) is 11.3. The van der Waals surface area contributed by atoms with Crippen molar-refractivity contribution in [3.63, 3.8) is 0 Å². The van der Waals surface area contributed by atoms with Crippen LogP contribution >= 0.6 is 24.1 Å². The minimum atomic E-state index is -0.286. The van der Waals surface area contributed by atoms with E-state index >= 15 is 0 Å². The van der Waals surface area contributed by atoms with Gasteiger partial charge in [-0.15, -0.1) is 13.8 Å². The lowest BCUT2D eigenvalue weighted by atomic mass is 10.1. The number of hydrogen-bond acceptors (Lipinski definition) is 16. The molecule has 0 fully saturated rings. The van der Waals surface area contributed by atoms with Crippen molar-refractivity contribution in [1.29, 1.82) is 0 Å². The van der Waals surface area contributed by atoms with Crippen molar-refractivity contribution in [1.82, 2.24) is 0 Å². The zero-order valence-corrected chi connectivity index (χ0v) is 30.0. The molecule has 15 nitrogen and oxygen atoms in total. The van der Waals surface area contributed by atoms with Crippen LogP contribution in [0, 0.1) is 13.8 Å². The molecule has 0 aliphatic carbocycles. The predicted molar refractivity (Wildman–Crippen MR) is 203 cm³/mol. The van der Waals surface area contributed by atoms with E-state index in [0.717, 1.165) is 23.2 Å². The van der Waals surface area contributed by atoms with Gasteiger partial charge < -0.3 is 10.4 Å². The van der Waals surface area contributed by atoms with Crippen molar-refractivity contribution in [3.8, 4) is 5.75 Å². The van der Waals surface area contributed by atoms with Gasteiger partial charge in [-0.25, -0.2) is 10.5 Å². The van der Waals surface area contributed by atoms with Crippen molar-refractivity contribution >= 4 is 80.6 Å². The van der Waals surface area contributed by atoms with E-state index < -0.39 is 0 Å². The summed E-state index contributed by atoms with van der Waals surface area (Å²) in [5.74, 6) is -0.477. The number of aryl methyl sites for hydroxylation is 2. The molecule has 0 bridgehead atoms. The van der Waals surface area contributed by atoms with E-state index in [2.05, 4.69) is 54.7 Å². The summed E-state index contributed by atoms with van der Waals surface area (Å²) in [5.41, 5.74) is 5.62. The largest absolute Gasteiger partial charge is 0.505 e. The summed E-state index contributed by atoms with van der Waals surface area (Å²) in [7, 11) is 0. The molecular weight excluding hydrogens is 735 g/mol. The molecule has 54 heavy (non-hydrogen) atoms. The van der Waals surface area contributed by atoms with Gasteiger partial charge in [-0.2, -0.15) is 25.6 Å². The molecular formula is C37H29N7O8S2. The van der Waals surface area contributed by atoms with Crippen molar-refractivity contribution in [2.24, 2.45) is 30.7 Å². The number of phenols is 1. The summed E-state index contributed by atoms with van der Waals surface area (Å²) in [4.78, 5) is 13.7. The summed E-state index contributed by atoms with van der Waals surface area (Å²) >= 11 is 1.47. The highest BCUT2D eigenvalue weighted by Gasteiger charge is 2.17.